The molecule has 1 saturated carbocycles. The summed E-state index contributed by atoms with van der Waals surface area (Å²) in [5.74, 6) is -0.176. The molecule has 2 unspecified atom stereocenters. The number of carbonyl (C=O) groups excluding carboxylic acids is 1. The quantitative estimate of drug-likeness (QED) is 0.818. The Hall–Kier alpha value is -1.62. The van der Waals surface area contributed by atoms with Gasteiger partial charge in [0.1, 0.15) is 0 Å². The summed E-state index contributed by atoms with van der Waals surface area (Å²) in [5, 5.41) is 2.95. The van der Waals surface area contributed by atoms with Gasteiger partial charge in [-0.25, -0.2) is 0 Å². The van der Waals surface area contributed by atoms with E-state index in [-0.39, 0.29) is 18.1 Å². The molecular weight excluding hydrogens is 218 g/mol. The number of aromatic nitrogens is 1. The number of nitrogens with two attached hydrogens (primary N) is 1. The number of ether oxygens (including phenoxy) is 1. The monoisotopic (exact) mass is 235 g/mol. The summed E-state index contributed by atoms with van der Waals surface area (Å²) in [6.45, 7) is 0. The average molecular weight is 235 g/mol. The van der Waals surface area contributed by atoms with Crippen molar-refractivity contribution in [2.45, 2.75) is 31.4 Å². The standard InChI is InChI=1S/C12H17N3O2/c1-17-11-4-2-3-10(11)15-12(16)8-7-14-6-5-9(8)13/h5-7,10-11H,2-4H2,1H3,(H2,13,14)(H,15,16). The van der Waals surface area contributed by atoms with E-state index >= 15 is 0 Å². The van der Waals surface area contributed by atoms with Crippen LogP contribution in [0.3, 0.4) is 0 Å². The number of carbonyl (C=O) groups is 1. The molecule has 0 aliphatic heterocycles. The molecule has 2 atom stereocenters. The topological polar surface area (TPSA) is 77.2 Å². The maximum atomic E-state index is 12.0. The third-order valence-corrected chi connectivity index (χ3v) is 3.17. The summed E-state index contributed by atoms with van der Waals surface area (Å²) in [6.07, 6.45) is 6.18. The summed E-state index contributed by atoms with van der Waals surface area (Å²) < 4.78 is 5.33. The van der Waals surface area contributed by atoms with Crippen molar-refractivity contribution in [1.82, 2.24) is 10.3 Å². The van der Waals surface area contributed by atoms with E-state index in [1.807, 2.05) is 0 Å². The largest absolute Gasteiger partial charge is 0.398 e. The first-order valence-corrected chi connectivity index (χ1v) is 5.75. The molecule has 0 aromatic carbocycles. The highest BCUT2D eigenvalue weighted by molar-refractivity contribution is 5.98. The Morgan fingerprint density at radius 3 is 3.12 bits per heavy atom. The van der Waals surface area contributed by atoms with E-state index in [0.29, 0.717) is 11.3 Å². The normalized spacial score (nSPS) is 23.6. The number of amides is 1. The third-order valence-electron chi connectivity index (χ3n) is 3.17. The van der Waals surface area contributed by atoms with Crippen molar-refractivity contribution in [2.24, 2.45) is 0 Å². The number of nitrogens with zero attached hydrogens (tertiary/aromatic N) is 1. The van der Waals surface area contributed by atoms with Crippen molar-refractivity contribution < 1.29 is 9.53 Å². The van der Waals surface area contributed by atoms with Crippen LogP contribution in [0.2, 0.25) is 0 Å². The Labute approximate surface area is 100 Å². The van der Waals surface area contributed by atoms with Crippen molar-refractivity contribution in [3.05, 3.63) is 24.0 Å². The lowest BCUT2D eigenvalue weighted by Gasteiger charge is -2.19. The molecule has 5 nitrogen and oxygen atoms in total. The molecule has 1 aromatic heterocycles. The Morgan fingerprint density at radius 2 is 2.41 bits per heavy atom. The van der Waals surface area contributed by atoms with Gasteiger partial charge in [-0.15, -0.1) is 0 Å². The van der Waals surface area contributed by atoms with Gasteiger partial charge in [-0.3, -0.25) is 9.78 Å². The number of hydrogen-bond donors (Lipinski definition) is 2. The maximum absolute atomic E-state index is 12.0. The van der Waals surface area contributed by atoms with Crippen LogP contribution in [-0.2, 0) is 4.74 Å². The second-order valence-electron chi connectivity index (χ2n) is 4.25. The van der Waals surface area contributed by atoms with Gasteiger partial charge < -0.3 is 15.8 Å². The molecule has 0 bridgehead atoms. The Bertz CT molecular complexity index is 408. The zero-order chi connectivity index (χ0) is 12.3. The number of methoxy groups -OCH3 is 1. The van der Waals surface area contributed by atoms with Gasteiger partial charge in [0.25, 0.3) is 5.91 Å². The molecule has 1 aromatic rings. The molecule has 1 amide bonds. The first-order valence-electron chi connectivity index (χ1n) is 5.75. The molecule has 5 heteroatoms. The van der Waals surface area contributed by atoms with Crippen LogP contribution < -0.4 is 11.1 Å². The van der Waals surface area contributed by atoms with E-state index in [2.05, 4.69) is 10.3 Å². The van der Waals surface area contributed by atoms with Crippen LogP contribution >= 0.6 is 0 Å². The lowest BCUT2D eigenvalue weighted by molar-refractivity contribution is 0.0722. The lowest BCUT2D eigenvalue weighted by atomic mass is 10.1. The highest BCUT2D eigenvalue weighted by atomic mass is 16.5. The van der Waals surface area contributed by atoms with Gasteiger partial charge in [0, 0.05) is 25.2 Å². The van der Waals surface area contributed by atoms with Crippen LogP contribution in [0.5, 0.6) is 0 Å². The van der Waals surface area contributed by atoms with Gasteiger partial charge in [0.15, 0.2) is 0 Å². The number of nitrogen functional groups attached to an aromatic ring is 1. The number of anilines is 1. The minimum Gasteiger partial charge on any atom is -0.398 e. The van der Waals surface area contributed by atoms with Crippen molar-refractivity contribution in [3.8, 4) is 0 Å². The summed E-state index contributed by atoms with van der Waals surface area (Å²) in [5.41, 5.74) is 6.60. The zero-order valence-electron chi connectivity index (χ0n) is 9.85. The Kier molecular flexibility index (Phi) is 3.58. The molecule has 0 saturated heterocycles. The third kappa shape index (κ3) is 2.55. The van der Waals surface area contributed by atoms with Crippen LogP contribution in [0.4, 0.5) is 5.69 Å². The molecule has 0 radical (unpaired) electrons. The second-order valence-corrected chi connectivity index (χ2v) is 4.25. The Morgan fingerprint density at radius 1 is 1.59 bits per heavy atom. The van der Waals surface area contributed by atoms with Crippen LogP contribution in [-0.4, -0.2) is 30.1 Å². The van der Waals surface area contributed by atoms with E-state index < -0.39 is 0 Å². The summed E-state index contributed by atoms with van der Waals surface area (Å²) in [6, 6.07) is 1.70. The smallest absolute Gasteiger partial charge is 0.255 e. The predicted molar refractivity (Wildman–Crippen MR) is 64.6 cm³/mol. The van der Waals surface area contributed by atoms with Gasteiger partial charge in [0.2, 0.25) is 0 Å². The molecule has 1 heterocycles. The molecular formula is C12H17N3O2. The van der Waals surface area contributed by atoms with Crippen LogP contribution in [0.1, 0.15) is 29.6 Å². The van der Waals surface area contributed by atoms with E-state index in [0.717, 1.165) is 19.3 Å². The van der Waals surface area contributed by atoms with Crippen molar-refractivity contribution >= 4 is 11.6 Å². The molecule has 3 N–H and O–H groups in total. The predicted octanol–water partition coefficient (Wildman–Crippen LogP) is 0.961. The number of rotatable bonds is 3. The molecule has 1 aliphatic rings. The number of hydrogen-bond acceptors (Lipinski definition) is 4. The fourth-order valence-corrected chi connectivity index (χ4v) is 2.21. The Balaban J connectivity index is 2.04. The summed E-state index contributed by atoms with van der Waals surface area (Å²) in [7, 11) is 1.67. The van der Waals surface area contributed by atoms with Crippen LogP contribution in [0.25, 0.3) is 0 Å². The first kappa shape index (κ1) is 11.9. The van der Waals surface area contributed by atoms with Gasteiger partial charge in [-0.1, -0.05) is 0 Å². The molecule has 0 spiro atoms. The lowest BCUT2D eigenvalue weighted by Crippen LogP contribution is -2.40. The molecule has 92 valence electrons. The van der Waals surface area contributed by atoms with Gasteiger partial charge in [-0.05, 0) is 25.3 Å². The SMILES string of the molecule is COC1CCCC1NC(=O)c1cnccc1N. The molecule has 17 heavy (non-hydrogen) atoms. The second kappa shape index (κ2) is 5.14. The minimum atomic E-state index is -0.176. The number of nitrogens with one attached hydrogen (secondary N) is 1. The van der Waals surface area contributed by atoms with Crippen LogP contribution in [0.15, 0.2) is 18.5 Å². The highest BCUT2D eigenvalue weighted by Gasteiger charge is 2.28. The van der Waals surface area contributed by atoms with E-state index in [4.69, 9.17) is 10.5 Å². The van der Waals surface area contributed by atoms with Crippen molar-refractivity contribution in [2.75, 3.05) is 12.8 Å². The maximum Gasteiger partial charge on any atom is 0.255 e. The van der Waals surface area contributed by atoms with Crippen LogP contribution in [0, 0.1) is 0 Å². The summed E-state index contributed by atoms with van der Waals surface area (Å²) >= 11 is 0. The fraction of sp³-hybridized carbons (Fsp3) is 0.500. The first-order chi connectivity index (χ1) is 8.22. The summed E-state index contributed by atoms with van der Waals surface area (Å²) in [4.78, 5) is 15.9. The van der Waals surface area contributed by atoms with E-state index in [9.17, 15) is 4.79 Å². The van der Waals surface area contributed by atoms with Crippen molar-refractivity contribution in [1.29, 1.82) is 0 Å². The average Bonchev–Trinajstić information content (AvgIpc) is 2.76. The molecule has 2 rings (SSSR count). The number of pyridine rings is 1. The molecule has 1 fully saturated rings. The highest BCUT2D eigenvalue weighted by Crippen LogP contribution is 2.22. The van der Waals surface area contributed by atoms with Crippen molar-refractivity contribution in [3.63, 3.8) is 0 Å². The minimum absolute atomic E-state index is 0.0760. The fourth-order valence-electron chi connectivity index (χ4n) is 2.21. The van der Waals surface area contributed by atoms with Gasteiger partial charge in [0.05, 0.1) is 17.7 Å². The van der Waals surface area contributed by atoms with Gasteiger partial charge in [-0.2, -0.15) is 0 Å². The van der Waals surface area contributed by atoms with E-state index in [1.165, 1.54) is 6.20 Å². The zero-order valence-corrected chi connectivity index (χ0v) is 9.85. The molecule has 1 aliphatic carbocycles. The van der Waals surface area contributed by atoms with Gasteiger partial charge >= 0.3 is 0 Å². The van der Waals surface area contributed by atoms with E-state index in [1.54, 1.807) is 19.4 Å².